The van der Waals surface area contributed by atoms with E-state index in [9.17, 15) is 5.11 Å². The van der Waals surface area contributed by atoms with Crippen molar-refractivity contribution in [2.24, 2.45) is 10.9 Å². The van der Waals surface area contributed by atoms with Crippen LogP contribution in [0.25, 0.3) is 0 Å². The molecule has 7 heteroatoms. The van der Waals surface area contributed by atoms with Gasteiger partial charge < -0.3 is 25.4 Å². The van der Waals surface area contributed by atoms with Gasteiger partial charge >= 0.3 is 0 Å². The number of hydrogen-bond donors (Lipinski definition) is 3. The molecule has 1 aromatic rings. The molecule has 1 aliphatic heterocycles. The number of nitrogens with one attached hydrogen (secondary N) is 2. The second kappa shape index (κ2) is 12.2. The fraction of sp³-hybridized carbons (Fsp3) is 0.632. The molecule has 0 spiro atoms. The standard InChI is InChI=1S/C19H32N4O2.HI/c1-4-20-19(21-12-15(2)14-24)22-16-8-7-11-23(13-16)17-9-5-6-10-18(17)25-3;/h5-6,9-10,15-16,24H,4,7-8,11-14H2,1-3H3,(H2,20,21,22);1H. The summed E-state index contributed by atoms with van der Waals surface area (Å²) < 4.78 is 5.51. The van der Waals surface area contributed by atoms with E-state index in [1.54, 1.807) is 7.11 Å². The van der Waals surface area contributed by atoms with Crippen LogP contribution in [0.5, 0.6) is 5.75 Å². The van der Waals surface area contributed by atoms with Gasteiger partial charge in [0.25, 0.3) is 0 Å². The molecule has 0 aliphatic carbocycles. The van der Waals surface area contributed by atoms with E-state index in [0.717, 1.165) is 49.9 Å². The number of rotatable bonds is 7. The predicted octanol–water partition coefficient (Wildman–Crippen LogP) is 2.47. The summed E-state index contributed by atoms with van der Waals surface area (Å²) in [6.07, 6.45) is 2.24. The molecule has 1 saturated heterocycles. The molecule has 3 N–H and O–H groups in total. The molecule has 2 unspecified atom stereocenters. The molecule has 148 valence electrons. The van der Waals surface area contributed by atoms with Crippen LogP contribution in [0.15, 0.2) is 29.3 Å². The molecule has 1 aliphatic rings. The summed E-state index contributed by atoms with van der Waals surface area (Å²) in [7, 11) is 1.72. The minimum Gasteiger partial charge on any atom is -0.495 e. The number of aliphatic hydroxyl groups is 1. The first kappa shape index (κ1) is 22.8. The van der Waals surface area contributed by atoms with Gasteiger partial charge in [-0.15, -0.1) is 24.0 Å². The number of nitrogens with zero attached hydrogens (tertiary/aromatic N) is 2. The normalized spacial score (nSPS) is 18.7. The van der Waals surface area contributed by atoms with E-state index >= 15 is 0 Å². The Bertz CT molecular complexity index is 556. The lowest BCUT2D eigenvalue weighted by Crippen LogP contribution is -2.51. The van der Waals surface area contributed by atoms with Crippen molar-refractivity contribution in [3.05, 3.63) is 24.3 Å². The zero-order valence-corrected chi connectivity index (χ0v) is 18.4. The van der Waals surface area contributed by atoms with E-state index in [1.165, 1.54) is 0 Å². The van der Waals surface area contributed by atoms with Crippen molar-refractivity contribution in [2.75, 3.05) is 44.8 Å². The Balaban J connectivity index is 0.00000338. The number of ether oxygens (including phenoxy) is 1. The van der Waals surface area contributed by atoms with Crippen LogP contribution in [0.2, 0.25) is 0 Å². The topological polar surface area (TPSA) is 69.1 Å². The number of anilines is 1. The Morgan fingerprint density at radius 1 is 1.42 bits per heavy atom. The third kappa shape index (κ3) is 6.83. The molecule has 2 rings (SSSR count). The highest BCUT2D eigenvalue weighted by Crippen LogP contribution is 2.29. The molecule has 2 atom stereocenters. The van der Waals surface area contributed by atoms with Crippen LogP contribution >= 0.6 is 24.0 Å². The molecular weight excluding hydrogens is 443 g/mol. The summed E-state index contributed by atoms with van der Waals surface area (Å²) in [5.74, 6) is 1.92. The highest BCUT2D eigenvalue weighted by Gasteiger charge is 2.22. The van der Waals surface area contributed by atoms with Gasteiger partial charge in [0.15, 0.2) is 5.96 Å². The number of benzene rings is 1. The third-order valence-corrected chi connectivity index (χ3v) is 4.41. The van der Waals surface area contributed by atoms with Crippen LogP contribution in [0.3, 0.4) is 0 Å². The number of halogens is 1. The molecule has 1 heterocycles. The molecule has 0 radical (unpaired) electrons. The van der Waals surface area contributed by atoms with E-state index in [-0.39, 0.29) is 36.5 Å². The summed E-state index contributed by atoms with van der Waals surface area (Å²) in [6.45, 7) is 7.62. The van der Waals surface area contributed by atoms with E-state index in [4.69, 9.17) is 4.74 Å². The monoisotopic (exact) mass is 476 g/mol. The quantitative estimate of drug-likeness (QED) is 0.321. The minimum absolute atomic E-state index is 0. The van der Waals surface area contributed by atoms with E-state index in [1.807, 2.05) is 19.1 Å². The number of para-hydroxylation sites is 2. The number of hydrogen-bond acceptors (Lipinski definition) is 4. The van der Waals surface area contributed by atoms with Gasteiger partial charge in [-0.25, -0.2) is 0 Å². The number of piperidine rings is 1. The van der Waals surface area contributed by atoms with Gasteiger partial charge in [-0.2, -0.15) is 0 Å². The lowest BCUT2D eigenvalue weighted by atomic mass is 10.0. The minimum atomic E-state index is 0. The van der Waals surface area contributed by atoms with Crippen LogP contribution in [-0.4, -0.2) is 57.0 Å². The maximum Gasteiger partial charge on any atom is 0.191 e. The van der Waals surface area contributed by atoms with Crippen LogP contribution in [0.4, 0.5) is 5.69 Å². The Morgan fingerprint density at radius 2 is 2.19 bits per heavy atom. The fourth-order valence-corrected chi connectivity index (χ4v) is 3.02. The van der Waals surface area contributed by atoms with E-state index in [0.29, 0.717) is 12.6 Å². The van der Waals surface area contributed by atoms with Crippen LogP contribution in [-0.2, 0) is 0 Å². The first-order valence-corrected chi connectivity index (χ1v) is 9.21. The molecule has 0 saturated carbocycles. The summed E-state index contributed by atoms with van der Waals surface area (Å²) in [4.78, 5) is 6.98. The lowest BCUT2D eigenvalue weighted by Gasteiger charge is -2.36. The van der Waals surface area contributed by atoms with Crippen LogP contribution in [0, 0.1) is 5.92 Å². The third-order valence-electron chi connectivity index (χ3n) is 4.41. The van der Waals surface area contributed by atoms with Crippen molar-refractivity contribution in [3.63, 3.8) is 0 Å². The van der Waals surface area contributed by atoms with E-state index < -0.39 is 0 Å². The second-order valence-corrected chi connectivity index (χ2v) is 6.61. The first-order chi connectivity index (χ1) is 12.2. The highest BCUT2D eigenvalue weighted by atomic mass is 127. The van der Waals surface area contributed by atoms with Crippen molar-refractivity contribution in [2.45, 2.75) is 32.7 Å². The van der Waals surface area contributed by atoms with Crippen molar-refractivity contribution in [3.8, 4) is 5.75 Å². The van der Waals surface area contributed by atoms with Gasteiger partial charge in [-0.1, -0.05) is 19.1 Å². The molecule has 0 amide bonds. The lowest BCUT2D eigenvalue weighted by molar-refractivity contribution is 0.241. The van der Waals surface area contributed by atoms with Crippen LogP contribution < -0.4 is 20.3 Å². The smallest absolute Gasteiger partial charge is 0.191 e. The second-order valence-electron chi connectivity index (χ2n) is 6.61. The molecule has 0 aromatic heterocycles. The highest BCUT2D eigenvalue weighted by molar-refractivity contribution is 14.0. The van der Waals surface area contributed by atoms with Crippen molar-refractivity contribution < 1.29 is 9.84 Å². The van der Waals surface area contributed by atoms with Gasteiger partial charge in [0.2, 0.25) is 0 Å². The zero-order valence-electron chi connectivity index (χ0n) is 16.1. The maximum absolute atomic E-state index is 9.18. The van der Waals surface area contributed by atoms with Crippen molar-refractivity contribution in [1.82, 2.24) is 10.6 Å². The largest absolute Gasteiger partial charge is 0.495 e. The number of guanidine groups is 1. The number of aliphatic imine (C=N–C) groups is 1. The van der Waals surface area contributed by atoms with Gasteiger partial charge in [0.1, 0.15) is 5.75 Å². The fourth-order valence-electron chi connectivity index (χ4n) is 3.02. The molecular formula is C19H33IN4O2. The van der Waals surface area contributed by atoms with E-state index in [2.05, 4.69) is 39.6 Å². The summed E-state index contributed by atoms with van der Waals surface area (Å²) in [5.41, 5.74) is 1.15. The van der Waals surface area contributed by atoms with Crippen molar-refractivity contribution in [1.29, 1.82) is 0 Å². The molecule has 6 nitrogen and oxygen atoms in total. The average Bonchev–Trinajstić information content (AvgIpc) is 2.66. The molecule has 26 heavy (non-hydrogen) atoms. The molecule has 1 aromatic carbocycles. The maximum atomic E-state index is 9.18. The number of methoxy groups -OCH3 is 1. The number of aliphatic hydroxyl groups excluding tert-OH is 1. The average molecular weight is 476 g/mol. The molecule has 1 fully saturated rings. The SMILES string of the molecule is CCNC(=NCC(C)CO)NC1CCCN(c2ccccc2OC)C1.I. The van der Waals surface area contributed by atoms with Gasteiger partial charge in [-0.05, 0) is 37.8 Å². The zero-order chi connectivity index (χ0) is 18.1. The van der Waals surface area contributed by atoms with Gasteiger partial charge in [-0.3, -0.25) is 4.99 Å². The summed E-state index contributed by atoms with van der Waals surface area (Å²) in [6, 6.07) is 8.51. The van der Waals surface area contributed by atoms with Crippen molar-refractivity contribution >= 4 is 35.6 Å². The predicted molar refractivity (Wildman–Crippen MR) is 119 cm³/mol. The summed E-state index contributed by atoms with van der Waals surface area (Å²) in [5, 5.41) is 16.0. The van der Waals surface area contributed by atoms with Gasteiger partial charge in [0.05, 0.1) is 12.8 Å². The first-order valence-electron chi connectivity index (χ1n) is 9.21. The Labute approximate surface area is 174 Å². The molecule has 0 bridgehead atoms. The summed E-state index contributed by atoms with van der Waals surface area (Å²) >= 11 is 0. The Kier molecular flexibility index (Phi) is 10.7. The Morgan fingerprint density at radius 3 is 2.88 bits per heavy atom. The van der Waals surface area contributed by atoms with Crippen LogP contribution in [0.1, 0.15) is 26.7 Å². The van der Waals surface area contributed by atoms with Gasteiger partial charge in [0, 0.05) is 38.8 Å². The Hall–Kier alpha value is -1.22.